The quantitative estimate of drug-likeness (QED) is 0.344. The van der Waals surface area contributed by atoms with E-state index in [1.807, 2.05) is 48.5 Å². The molecular formula is C20H16N4O. The number of hydrogen-bond acceptors (Lipinski definition) is 3. The van der Waals surface area contributed by atoms with E-state index in [9.17, 15) is 4.79 Å². The van der Waals surface area contributed by atoms with E-state index in [0.717, 1.165) is 27.7 Å². The van der Waals surface area contributed by atoms with Gasteiger partial charge in [0.05, 0.1) is 11.4 Å². The maximum Gasteiger partial charge on any atom is 0.285 e. The van der Waals surface area contributed by atoms with E-state index in [1.54, 1.807) is 10.7 Å². The maximum absolute atomic E-state index is 11.9. The van der Waals surface area contributed by atoms with Gasteiger partial charge >= 0.3 is 0 Å². The molecule has 1 aromatic heterocycles. The van der Waals surface area contributed by atoms with Crippen molar-refractivity contribution >= 4 is 16.7 Å². The highest BCUT2D eigenvalue weighted by atomic mass is 16.2. The first-order valence-corrected chi connectivity index (χ1v) is 7.92. The van der Waals surface area contributed by atoms with Gasteiger partial charge in [-0.25, -0.2) is 10.5 Å². The standard InChI is InChI=1S/C20H16N4O/c21-22-20(25)18-13-19(24(23-18)17-8-2-1-3-9-17)16-11-10-14-6-4-5-7-15(14)12-16/h1-13H,21H2,(H,22,25). The van der Waals surface area contributed by atoms with Crippen molar-refractivity contribution in [1.82, 2.24) is 15.2 Å². The summed E-state index contributed by atoms with van der Waals surface area (Å²) in [7, 11) is 0. The van der Waals surface area contributed by atoms with Gasteiger partial charge in [0.15, 0.2) is 5.69 Å². The average Bonchev–Trinajstić information content (AvgIpc) is 3.13. The van der Waals surface area contributed by atoms with Crippen LogP contribution in [0.1, 0.15) is 10.5 Å². The minimum Gasteiger partial charge on any atom is -0.289 e. The highest BCUT2D eigenvalue weighted by Crippen LogP contribution is 2.27. The second kappa shape index (κ2) is 6.22. The summed E-state index contributed by atoms with van der Waals surface area (Å²) in [5.74, 6) is 4.85. The van der Waals surface area contributed by atoms with Crippen LogP contribution in [0.4, 0.5) is 0 Å². The summed E-state index contributed by atoms with van der Waals surface area (Å²) in [6.07, 6.45) is 0. The van der Waals surface area contributed by atoms with Crippen molar-refractivity contribution in [3.05, 3.63) is 84.6 Å². The molecule has 122 valence electrons. The summed E-state index contributed by atoms with van der Waals surface area (Å²) in [6, 6.07) is 25.8. The molecule has 0 radical (unpaired) electrons. The van der Waals surface area contributed by atoms with Gasteiger partial charge in [0, 0.05) is 5.56 Å². The Morgan fingerprint density at radius 3 is 2.36 bits per heavy atom. The van der Waals surface area contributed by atoms with E-state index in [2.05, 4.69) is 34.8 Å². The molecule has 0 unspecified atom stereocenters. The third-order valence-electron chi connectivity index (χ3n) is 4.12. The van der Waals surface area contributed by atoms with Crippen LogP contribution in [-0.4, -0.2) is 15.7 Å². The van der Waals surface area contributed by atoms with Crippen LogP contribution in [0, 0.1) is 0 Å². The number of nitrogens with two attached hydrogens (primary N) is 1. The second-order valence-corrected chi connectivity index (χ2v) is 5.70. The zero-order valence-corrected chi connectivity index (χ0v) is 13.4. The summed E-state index contributed by atoms with van der Waals surface area (Å²) in [5.41, 5.74) is 5.10. The SMILES string of the molecule is NNC(=O)c1cc(-c2ccc3ccccc3c2)n(-c2ccccc2)n1. The highest BCUT2D eigenvalue weighted by Gasteiger charge is 2.16. The molecule has 0 atom stereocenters. The first-order valence-electron chi connectivity index (χ1n) is 7.92. The van der Waals surface area contributed by atoms with Gasteiger partial charge in [0.1, 0.15) is 0 Å². The fourth-order valence-corrected chi connectivity index (χ4v) is 2.89. The molecule has 0 aliphatic carbocycles. The molecule has 5 heteroatoms. The number of nitrogen functional groups attached to an aromatic ring is 1. The number of benzene rings is 3. The molecule has 3 aromatic carbocycles. The van der Waals surface area contributed by atoms with Crippen molar-refractivity contribution in [2.75, 3.05) is 0 Å². The number of nitrogens with one attached hydrogen (secondary N) is 1. The van der Waals surface area contributed by atoms with E-state index >= 15 is 0 Å². The Bertz CT molecular complexity index is 1050. The van der Waals surface area contributed by atoms with Gasteiger partial charge in [-0.1, -0.05) is 54.6 Å². The van der Waals surface area contributed by atoms with Gasteiger partial charge in [0.2, 0.25) is 0 Å². The Balaban J connectivity index is 1.92. The van der Waals surface area contributed by atoms with Gasteiger partial charge in [-0.15, -0.1) is 0 Å². The zero-order chi connectivity index (χ0) is 17.2. The molecule has 5 nitrogen and oxygen atoms in total. The van der Waals surface area contributed by atoms with E-state index in [0.29, 0.717) is 0 Å². The molecular weight excluding hydrogens is 312 g/mol. The molecule has 0 saturated heterocycles. The second-order valence-electron chi connectivity index (χ2n) is 5.70. The van der Waals surface area contributed by atoms with Crippen LogP contribution >= 0.6 is 0 Å². The lowest BCUT2D eigenvalue weighted by Gasteiger charge is -2.08. The molecule has 0 bridgehead atoms. The van der Waals surface area contributed by atoms with Crippen LogP contribution in [-0.2, 0) is 0 Å². The van der Waals surface area contributed by atoms with E-state index < -0.39 is 5.91 Å². The van der Waals surface area contributed by atoms with Crippen LogP contribution in [0.3, 0.4) is 0 Å². The Labute approximate surface area is 144 Å². The molecule has 3 N–H and O–H groups in total. The van der Waals surface area contributed by atoms with Crippen LogP contribution in [0.2, 0.25) is 0 Å². The summed E-state index contributed by atoms with van der Waals surface area (Å²) < 4.78 is 1.76. The van der Waals surface area contributed by atoms with Crippen molar-refractivity contribution in [1.29, 1.82) is 0 Å². The number of hydrazine groups is 1. The highest BCUT2D eigenvalue weighted by molar-refractivity contribution is 5.94. The predicted octanol–water partition coefficient (Wildman–Crippen LogP) is 3.30. The minimum atomic E-state index is -0.420. The van der Waals surface area contributed by atoms with Crippen LogP contribution in [0.5, 0.6) is 0 Å². The number of hydrogen-bond donors (Lipinski definition) is 2. The number of amides is 1. The van der Waals surface area contributed by atoms with E-state index in [-0.39, 0.29) is 5.69 Å². The summed E-state index contributed by atoms with van der Waals surface area (Å²) >= 11 is 0. The Kier molecular flexibility index (Phi) is 3.76. The molecule has 0 saturated carbocycles. The van der Waals surface area contributed by atoms with Crippen molar-refractivity contribution in [3.8, 4) is 16.9 Å². The van der Waals surface area contributed by atoms with E-state index in [4.69, 9.17) is 5.84 Å². The molecule has 4 aromatic rings. The van der Waals surface area contributed by atoms with Crippen LogP contribution in [0.25, 0.3) is 27.7 Å². The molecule has 0 fully saturated rings. The van der Waals surface area contributed by atoms with E-state index in [1.165, 1.54) is 0 Å². The third kappa shape index (κ3) is 2.77. The first-order chi connectivity index (χ1) is 12.3. The first kappa shape index (κ1) is 15.1. The molecule has 0 aliphatic rings. The average molecular weight is 328 g/mol. The molecule has 0 aliphatic heterocycles. The normalized spacial score (nSPS) is 10.8. The fraction of sp³-hybridized carbons (Fsp3) is 0. The maximum atomic E-state index is 11.9. The predicted molar refractivity (Wildman–Crippen MR) is 98.2 cm³/mol. The number of aromatic nitrogens is 2. The Hall–Kier alpha value is -3.44. The smallest absolute Gasteiger partial charge is 0.285 e. The fourth-order valence-electron chi connectivity index (χ4n) is 2.89. The molecule has 1 amide bonds. The Morgan fingerprint density at radius 2 is 1.60 bits per heavy atom. The lowest BCUT2D eigenvalue weighted by Crippen LogP contribution is -2.30. The topological polar surface area (TPSA) is 72.9 Å². The molecule has 0 spiro atoms. The number of carbonyl (C=O) groups is 1. The number of fused-ring (bicyclic) bond motifs is 1. The molecule has 4 rings (SSSR count). The summed E-state index contributed by atoms with van der Waals surface area (Å²) in [6.45, 7) is 0. The molecule has 1 heterocycles. The van der Waals surface area contributed by atoms with Gasteiger partial charge in [-0.05, 0) is 35.0 Å². The minimum absolute atomic E-state index is 0.273. The van der Waals surface area contributed by atoms with Gasteiger partial charge in [-0.3, -0.25) is 10.2 Å². The van der Waals surface area contributed by atoms with Crippen molar-refractivity contribution in [2.45, 2.75) is 0 Å². The lowest BCUT2D eigenvalue weighted by atomic mass is 10.0. The lowest BCUT2D eigenvalue weighted by molar-refractivity contribution is 0.0948. The van der Waals surface area contributed by atoms with Gasteiger partial charge in [0.25, 0.3) is 5.91 Å². The zero-order valence-electron chi connectivity index (χ0n) is 13.4. The van der Waals surface area contributed by atoms with Crippen molar-refractivity contribution in [2.24, 2.45) is 5.84 Å². The number of para-hydroxylation sites is 1. The number of carbonyl (C=O) groups excluding carboxylic acids is 1. The van der Waals surface area contributed by atoms with Crippen molar-refractivity contribution < 1.29 is 4.79 Å². The van der Waals surface area contributed by atoms with Crippen molar-refractivity contribution in [3.63, 3.8) is 0 Å². The largest absolute Gasteiger partial charge is 0.289 e. The monoisotopic (exact) mass is 328 g/mol. The Morgan fingerprint density at radius 1 is 0.880 bits per heavy atom. The summed E-state index contributed by atoms with van der Waals surface area (Å²) in [4.78, 5) is 11.9. The number of nitrogens with zero attached hydrogens (tertiary/aromatic N) is 2. The van der Waals surface area contributed by atoms with Gasteiger partial charge in [-0.2, -0.15) is 5.10 Å². The third-order valence-corrected chi connectivity index (χ3v) is 4.12. The molecule has 25 heavy (non-hydrogen) atoms. The number of rotatable bonds is 3. The summed E-state index contributed by atoms with van der Waals surface area (Å²) in [5, 5.41) is 6.73. The van der Waals surface area contributed by atoms with Crippen LogP contribution < -0.4 is 11.3 Å². The van der Waals surface area contributed by atoms with Gasteiger partial charge < -0.3 is 0 Å². The van der Waals surface area contributed by atoms with Crippen LogP contribution in [0.15, 0.2) is 78.9 Å².